The molecule has 0 unspecified atom stereocenters. The molecule has 0 aromatic heterocycles. The summed E-state index contributed by atoms with van der Waals surface area (Å²) in [5.74, 6) is 0.368. The fourth-order valence-corrected chi connectivity index (χ4v) is 3.28. The maximum atomic E-state index is 12.2. The molecule has 0 spiro atoms. The summed E-state index contributed by atoms with van der Waals surface area (Å²) in [6.45, 7) is 4.00. The van der Waals surface area contributed by atoms with Crippen molar-refractivity contribution in [3.8, 4) is 17.6 Å². The van der Waals surface area contributed by atoms with Crippen LogP contribution in [0.25, 0.3) is 11.6 Å². The third kappa shape index (κ3) is 6.13. The van der Waals surface area contributed by atoms with Crippen molar-refractivity contribution in [2.75, 3.05) is 18.5 Å². The summed E-state index contributed by atoms with van der Waals surface area (Å²) in [4.78, 5) is 12.2. The number of nitrogens with zero attached hydrogens (tertiary/aromatic N) is 1. The molecule has 3 aromatic carbocycles. The molecule has 0 aliphatic rings. The predicted molar refractivity (Wildman–Crippen MR) is 128 cm³/mol. The molecule has 6 heteroatoms. The van der Waals surface area contributed by atoms with Gasteiger partial charge >= 0.3 is 0 Å². The van der Waals surface area contributed by atoms with Crippen LogP contribution in [0, 0.1) is 18.3 Å². The quantitative estimate of drug-likeness (QED) is 0.334. The first-order chi connectivity index (χ1) is 15.5. The highest BCUT2D eigenvalue weighted by Crippen LogP contribution is 2.37. The van der Waals surface area contributed by atoms with Crippen LogP contribution in [0.2, 0.25) is 5.02 Å². The lowest BCUT2D eigenvalue weighted by atomic mass is 10.0. The fourth-order valence-electron chi connectivity index (χ4n) is 3.01. The number of rotatable bonds is 8. The van der Waals surface area contributed by atoms with Gasteiger partial charge in [-0.3, -0.25) is 4.79 Å². The van der Waals surface area contributed by atoms with Gasteiger partial charge in [-0.2, -0.15) is 5.26 Å². The number of hydrogen-bond donors (Lipinski definition) is 1. The Morgan fingerprint density at radius 1 is 1.09 bits per heavy atom. The van der Waals surface area contributed by atoms with Crippen molar-refractivity contribution in [2.24, 2.45) is 0 Å². The number of para-hydroxylation sites is 1. The number of nitrogens with one attached hydrogen (secondary N) is 1. The minimum absolute atomic E-state index is 0.226. The third-order valence-corrected chi connectivity index (χ3v) is 4.81. The van der Waals surface area contributed by atoms with E-state index in [4.69, 9.17) is 21.1 Å². The molecular weight excluding hydrogens is 424 g/mol. The van der Waals surface area contributed by atoms with Gasteiger partial charge < -0.3 is 14.8 Å². The summed E-state index contributed by atoms with van der Waals surface area (Å²) in [6, 6.07) is 22.5. The van der Waals surface area contributed by atoms with E-state index in [1.165, 1.54) is 0 Å². The number of allylic oxidation sites excluding steroid dienone is 1. The summed E-state index contributed by atoms with van der Waals surface area (Å²) >= 11 is 6.46. The molecule has 0 saturated heterocycles. The lowest BCUT2D eigenvalue weighted by molar-refractivity contribution is -0.118. The van der Waals surface area contributed by atoms with Gasteiger partial charge in [-0.05, 0) is 55.3 Å². The molecule has 0 atom stereocenters. The zero-order valence-corrected chi connectivity index (χ0v) is 18.6. The van der Waals surface area contributed by atoms with Gasteiger partial charge in [0.05, 0.1) is 23.3 Å². The Hall–Kier alpha value is -3.75. The number of anilines is 1. The summed E-state index contributed by atoms with van der Waals surface area (Å²) in [5, 5.41) is 12.7. The van der Waals surface area contributed by atoms with Crippen LogP contribution in [-0.4, -0.2) is 19.1 Å². The van der Waals surface area contributed by atoms with E-state index in [1.807, 2.05) is 56.3 Å². The van der Waals surface area contributed by atoms with Gasteiger partial charge in [0, 0.05) is 5.69 Å². The lowest BCUT2D eigenvalue weighted by Gasteiger charge is -2.14. The number of carbonyl (C=O) groups excluding carboxylic acids is 1. The van der Waals surface area contributed by atoms with Gasteiger partial charge in [-0.15, -0.1) is 0 Å². The summed E-state index contributed by atoms with van der Waals surface area (Å²) in [5.41, 5.74) is 3.80. The fraction of sp³-hybridized carbons (Fsp3) is 0.154. The number of carbonyl (C=O) groups is 1. The van der Waals surface area contributed by atoms with Gasteiger partial charge in [0.1, 0.15) is 0 Å². The molecule has 0 heterocycles. The largest absolute Gasteiger partial charge is 0.490 e. The van der Waals surface area contributed by atoms with E-state index in [1.54, 1.807) is 30.3 Å². The maximum absolute atomic E-state index is 12.2. The first-order valence-electron chi connectivity index (χ1n) is 10.1. The molecule has 0 aliphatic carbocycles. The number of aryl methyl sites for hydroxylation is 1. The van der Waals surface area contributed by atoms with Crippen molar-refractivity contribution >= 4 is 34.8 Å². The summed E-state index contributed by atoms with van der Waals surface area (Å²) in [7, 11) is 0. The topological polar surface area (TPSA) is 71.3 Å². The normalized spacial score (nSPS) is 10.9. The smallest absolute Gasteiger partial charge is 0.262 e. The zero-order chi connectivity index (χ0) is 22.9. The molecule has 0 saturated carbocycles. The Bertz CT molecular complexity index is 1150. The molecule has 0 radical (unpaired) electrons. The molecular formula is C26H23ClN2O3. The molecule has 162 valence electrons. The van der Waals surface area contributed by atoms with Crippen LogP contribution in [0.1, 0.15) is 23.6 Å². The Labute approximate surface area is 192 Å². The minimum Gasteiger partial charge on any atom is -0.490 e. The second-order valence-electron chi connectivity index (χ2n) is 7.00. The van der Waals surface area contributed by atoms with E-state index in [9.17, 15) is 10.1 Å². The first kappa shape index (κ1) is 22.9. The van der Waals surface area contributed by atoms with E-state index in [2.05, 4.69) is 11.4 Å². The number of benzene rings is 3. The molecule has 1 N–H and O–H groups in total. The Morgan fingerprint density at radius 3 is 2.47 bits per heavy atom. The Balaban J connectivity index is 1.82. The lowest BCUT2D eigenvalue weighted by Crippen LogP contribution is -2.20. The van der Waals surface area contributed by atoms with Crippen LogP contribution in [0.4, 0.5) is 5.69 Å². The molecule has 5 nitrogen and oxygen atoms in total. The average molecular weight is 447 g/mol. The van der Waals surface area contributed by atoms with E-state index in [-0.39, 0.29) is 23.3 Å². The Morgan fingerprint density at radius 2 is 1.81 bits per heavy atom. The van der Waals surface area contributed by atoms with Crippen molar-refractivity contribution in [1.29, 1.82) is 5.26 Å². The second-order valence-corrected chi connectivity index (χ2v) is 7.41. The minimum atomic E-state index is -0.315. The number of nitriles is 1. The van der Waals surface area contributed by atoms with Gasteiger partial charge in [0.15, 0.2) is 18.1 Å². The van der Waals surface area contributed by atoms with Gasteiger partial charge in [-0.25, -0.2) is 0 Å². The summed E-state index contributed by atoms with van der Waals surface area (Å²) in [6.07, 6.45) is 1.74. The van der Waals surface area contributed by atoms with E-state index >= 15 is 0 Å². The Kier molecular flexibility index (Phi) is 7.91. The highest BCUT2D eigenvalue weighted by Gasteiger charge is 2.15. The van der Waals surface area contributed by atoms with Crippen LogP contribution >= 0.6 is 11.6 Å². The van der Waals surface area contributed by atoms with Gasteiger partial charge in [0.2, 0.25) is 0 Å². The average Bonchev–Trinajstić information content (AvgIpc) is 2.78. The van der Waals surface area contributed by atoms with E-state index in [0.717, 1.165) is 11.1 Å². The highest BCUT2D eigenvalue weighted by atomic mass is 35.5. The third-order valence-electron chi connectivity index (χ3n) is 4.53. The van der Waals surface area contributed by atoms with Crippen LogP contribution in [0.5, 0.6) is 11.5 Å². The predicted octanol–water partition coefficient (Wildman–Crippen LogP) is 6.13. The standard InChI is InChI=1S/C26H23ClN2O3/c1-3-31-24-15-19(13-21(16-28)20-11-9-18(2)10-12-20)14-23(27)26(24)32-17-25(30)29-22-7-5-4-6-8-22/h4-15H,3,17H2,1-2H3,(H,29,30)/b21-13-. The number of ether oxygens (including phenoxy) is 2. The maximum Gasteiger partial charge on any atom is 0.262 e. The van der Waals surface area contributed by atoms with E-state index in [0.29, 0.717) is 29.2 Å². The highest BCUT2D eigenvalue weighted by molar-refractivity contribution is 6.32. The molecule has 0 bridgehead atoms. The number of amides is 1. The molecule has 3 rings (SSSR count). The molecule has 1 amide bonds. The van der Waals surface area contributed by atoms with Gasteiger partial charge in [0.25, 0.3) is 5.91 Å². The van der Waals surface area contributed by atoms with E-state index < -0.39 is 0 Å². The van der Waals surface area contributed by atoms with Crippen molar-refractivity contribution in [3.63, 3.8) is 0 Å². The second kappa shape index (κ2) is 11.0. The van der Waals surface area contributed by atoms with Crippen molar-refractivity contribution in [2.45, 2.75) is 13.8 Å². The van der Waals surface area contributed by atoms with Crippen LogP contribution < -0.4 is 14.8 Å². The molecule has 32 heavy (non-hydrogen) atoms. The van der Waals surface area contributed by atoms with Gasteiger partial charge in [-0.1, -0.05) is 59.6 Å². The zero-order valence-electron chi connectivity index (χ0n) is 17.9. The SMILES string of the molecule is CCOc1cc(/C=C(/C#N)c2ccc(C)cc2)cc(Cl)c1OCC(=O)Nc1ccccc1. The number of halogens is 1. The molecule has 0 aliphatic heterocycles. The first-order valence-corrected chi connectivity index (χ1v) is 10.5. The van der Waals surface area contributed by atoms with Crippen LogP contribution in [-0.2, 0) is 4.79 Å². The monoisotopic (exact) mass is 446 g/mol. The van der Waals surface area contributed by atoms with Crippen molar-refractivity contribution in [1.82, 2.24) is 0 Å². The summed E-state index contributed by atoms with van der Waals surface area (Å²) < 4.78 is 11.4. The van der Waals surface area contributed by atoms with Crippen molar-refractivity contribution < 1.29 is 14.3 Å². The number of hydrogen-bond acceptors (Lipinski definition) is 4. The van der Waals surface area contributed by atoms with Crippen LogP contribution in [0.15, 0.2) is 66.7 Å². The molecule has 0 fully saturated rings. The molecule has 3 aromatic rings. The van der Waals surface area contributed by atoms with Crippen LogP contribution in [0.3, 0.4) is 0 Å². The van der Waals surface area contributed by atoms with Crippen molar-refractivity contribution in [3.05, 3.63) is 88.4 Å².